The zero-order valence-corrected chi connectivity index (χ0v) is 13.5. The van der Waals surface area contributed by atoms with Crippen LogP contribution in [0.1, 0.15) is 32.3 Å². The van der Waals surface area contributed by atoms with Crippen LogP contribution < -0.4 is 10.6 Å². The Hall–Kier alpha value is -1.36. The second-order valence-electron chi connectivity index (χ2n) is 5.79. The lowest BCUT2D eigenvalue weighted by Gasteiger charge is -2.22. The van der Waals surface area contributed by atoms with Gasteiger partial charge in [-0.3, -0.25) is 9.59 Å². The van der Waals surface area contributed by atoms with E-state index in [4.69, 9.17) is 0 Å². The SMILES string of the molecule is Cc1cc(NC(=O)C(C)(C)C(=O)NC2CC2)ccc1Br. The standard InChI is InChI=1S/C15H19BrN2O2/c1-9-8-11(6-7-12(9)16)18-14(20)15(2,3)13(19)17-10-4-5-10/h6-8,10H,4-5H2,1-3H3,(H,17,19)(H,18,20). The maximum Gasteiger partial charge on any atom is 0.239 e. The van der Waals surface area contributed by atoms with Crippen LogP contribution in [0, 0.1) is 12.3 Å². The first-order valence-electron chi connectivity index (χ1n) is 6.69. The molecule has 1 aliphatic carbocycles. The molecule has 2 amide bonds. The smallest absolute Gasteiger partial charge is 0.239 e. The normalized spacial score (nSPS) is 14.8. The summed E-state index contributed by atoms with van der Waals surface area (Å²) in [4.78, 5) is 24.4. The molecule has 20 heavy (non-hydrogen) atoms. The van der Waals surface area contributed by atoms with Gasteiger partial charge in [-0.1, -0.05) is 15.9 Å². The molecule has 4 nitrogen and oxygen atoms in total. The number of hydrogen-bond acceptors (Lipinski definition) is 2. The predicted molar refractivity (Wildman–Crippen MR) is 82.5 cm³/mol. The van der Waals surface area contributed by atoms with Gasteiger partial charge in [0.2, 0.25) is 11.8 Å². The first kappa shape index (κ1) is 15.0. The van der Waals surface area contributed by atoms with Crippen molar-refractivity contribution in [3.05, 3.63) is 28.2 Å². The summed E-state index contributed by atoms with van der Waals surface area (Å²) in [6.45, 7) is 5.24. The molecule has 5 heteroatoms. The number of halogens is 1. The molecule has 1 saturated carbocycles. The average Bonchev–Trinajstić information content (AvgIpc) is 3.17. The number of amides is 2. The van der Waals surface area contributed by atoms with E-state index in [2.05, 4.69) is 26.6 Å². The van der Waals surface area contributed by atoms with Crippen molar-refractivity contribution in [2.45, 2.75) is 39.7 Å². The van der Waals surface area contributed by atoms with Crippen LogP contribution >= 0.6 is 15.9 Å². The van der Waals surface area contributed by atoms with Crippen molar-refractivity contribution in [1.82, 2.24) is 5.32 Å². The highest BCUT2D eigenvalue weighted by Crippen LogP contribution is 2.25. The molecule has 108 valence electrons. The van der Waals surface area contributed by atoms with Crippen molar-refractivity contribution in [1.29, 1.82) is 0 Å². The van der Waals surface area contributed by atoms with Crippen molar-refractivity contribution in [3.8, 4) is 0 Å². The van der Waals surface area contributed by atoms with E-state index >= 15 is 0 Å². The molecule has 1 fully saturated rings. The van der Waals surface area contributed by atoms with Gasteiger partial charge in [0.05, 0.1) is 0 Å². The third-order valence-electron chi connectivity index (χ3n) is 3.46. The molecule has 0 spiro atoms. The van der Waals surface area contributed by atoms with Crippen LogP contribution in [-0.4, -0.2) is 17.9 Å². The van der Waals surface area contributed by atoms with Gasteiger partial charge in [-0.05, 0) is 57.4 Å². The molecule has 0 aromatic heterocycles. The molecule has 0 atom stereocenters. The van der Waals surface area contributed by atoms with Crippen LogP contribution in [0.4, 0.5) is 5.69 Å². The summed E-state index contributed by atoms with van der Waals surface area (Å²) in [6.07, 6.45) is 2.02. The van der Waals surface area contributed by atoms with Crippen LogP contribution in [0.15, 0.2) is 22.7 Å². The Kier molecular flexibility index (Phi) is 4.18. The van der Waals surface area contributed by atoms with Crippen LogP contribution in [0.25, 0.3) is 0 Å². The van der Waals surface area contributed by atoms with E-state index < -0.39 is 5.41 Å². The van der Waals surface area contributed by atoms with Gasteiger partial charge in [0.15, 0.2) is 0 Å². The summed E-state index contributed by atoms with van der Waals surface area (Å²) in [5.74, 6) is -0.510. The Bertz CT molecular complexity index is 551. The van der Waals surface area contributed by atoms with Crippen LogP contribution in [-0.2, 0) is 9.59 Å². The van der Waals surface area contributed by atoms with Gasteiger partial charge in [-0.25, -0.2) is 0 Å². The van der Waals surface area contributed by atoms with Crippen molar-refractivity contribution >= 4 is 33.4 Å². The van der Waals surface area contributed by atoms with Gasteiger partial charge in [0, 0.05) is 16.2 Å². The van der Waals surface area contributed by atoms with Gasteiger partial charge in [-0.15, -0.1) is 0 Å². The summed E-state index contributed by atoms with van der Waals surface area (Å²) in [5.41, 5.74) is 0.648. The molecule has 0 saturated heterocycles. The minimum atomic E-state index is -1.08. The Morgan fingerprint density at radius 2 is 1.90 bits per heavy atom. The fourth-order valence-electron chi connectivity index (χ4n) is 1.71. The minimum Gasteiger partial charge on any atom is -0.352 e. The molecule has 1 aliphatic rings. The second-order valence-corrected chi connectivity index (χ2v) is 6.65. The van der Waals surface area contributed by atoms with Gasteiger partial charge >= 0.3 is 0 Å². The van der Waals surface area contributed by atoms with Crippen LogP contribution in [0.3, 0.4) is 0 Å². The minimum absolute atomic E-state index is 0.216. The lowest BCUT2D eigenvalue weighted by Crippen LogP contribution is -2.45. The molecule has 2 N–H and O–H groups in total. The van der Waals surface area contributed by atoms with Crippen LogP contribution in [0.2, 0.25) is 0 Å². The van der Waals surface area contributed by atoms with Crippen LogP contribution in [0.5, 0.6) is 0 Å². The summed E-state index contributed by atoms with van der Waals surface area (Å²) in [7, 11) is 0. The van der Waals surface area contributed by atoms with E-state index in [0.29, 0.717) is 5.69 Å². The van der Waals surface area contributed by atoms with Crippen molar-refractivity contribution in [2.24, 2.45) is 5.41 Å². The highest BCUT2D eigenvalue weighted by molar-refractivity contribution is 9.10. The first-order chi connectivity index (χ1) is 9.30. The third-order valence-corrected chi connectivity index (χ3v) is 4.35. The molecule has 0 bridgehead atoms. The number of benzene rings is 1. The topological polar surface area (TPSA) is 58.2 Å². The quantitative estimate of drug-likeness (QED) is 0.829. The van der Waals surface area contributed by atoms with Gasteiger partial charge < -0.3 is 10.6 Å². The molecule has 0 unspecified atom stereocenters. The second kappa shape index (κ2) is 5.56. The maximum atomic E-state index is 12.3. The average molecular weight is 339 g/mol. The summed E-state index contributed by atoms with van der Waals surface area (Å²) >= 11 is 3.42. The molecule has 0 heterocycles. The number of nitrogens with one attached hydrogen (secondary N) is 2. The van der Waals surface area contributed by atoms with E-state index in [-0.39, 0.29) is 17.9 Å². The van der Waals surface area contributed by atoms with E-state index in [9.17, 15) is 9.59 Å². The highest BCUT2D eigenvalue weighted by atomic mass is 79.9. The number of aryl methyl sites for hydroxylation is 1. The van der Waals surface area contributed by atoms with Gasteiger partial charge in [0.25, 0.3) is 0 Å². The lowest BCUT2D eigenvalue weighted by molar-refractivity contribution is -0.138. The first-order valence-corrected chi connectivity index (χ1v) is 7.48. The predicted octanol–water partition coefficient (Wildman–Crippen LogP) is 3.00. The zero-order chi connectivity index (χ0) is 14.9. The number of carbonyl (C=O) groups excluding carboxylic acids is 2. The van der Waals surface area contributed by atoms with E-state index in [0.717, 1.165) is 22.9 Å². The molecule has 2 rings (SSSR count). The number of carbonyl (C=O) groups is 2. The Labute approximate surface area is 127 Å². The molecule has 0 radical (unpaired) electrons. The lowest BCUT2D eigenvalue weighted by atomic mass is 9.91. The van der Waals surface area contributed by atoms with Crippen molar-refractivity contribution < 1.29 is 9.59 Å². The molecular formula is C15H19BrN2O2. The summed E-state index contributed by atoms with van der Waals surface area (Å²) in [6, 6.07) is 5.81. The largest absolute Gasteiger partial charge is 0.352 e. The summed E-state index contributed by atoms with van der Waals surface area (Å²) < 4.78 is 0.987. The molecule has 1 aromatic rings. The Balaban J connectivity index is 2.05. The maximum absolute atomic E-state index is 12.3. The van der Waals surface area contributed by atoms with Gasteiger partial charge in [-0.2, -0.15) is 0 Å². The Morgan fingerprint density at radius 1 is 1.25 bits per heavy atom. The Morgan fingerprint density at radius 3 is 2.45 bits per heavy atom. The fourth-order valence-corrected chi connectivity index (χ4v) is 1.95. The number of hydrogen-bond donors (Lipinski definition) is 2. The molecule has 0 aliphatic heterocycles. The highest BCUT2D eigenvalue weighted by Gasteiger charge is 2.38. The number of rotatable bonds is 4. The third kappa shape index (κ3) is 3.39. The summed E-state index contributed by atoms with van der Waals surface area (Å²) in [5, 5.41) is 5.68. The van der Waals surface area contributed by atoms with E-state index in [1.165, 1.54) is 0 Å². The van der Waals surface area contributed by atoms with Gasteiger partial charge in [0.1, 0.15) is 5.41 Å². The fraction of sp³-hybridized carbons (Fsp3) is 0.467. The molecule has 1 aromatic carbocycles. The zero-order valence-electron chi connectivity index (χ0n) is 11.9. The van der Waals surface area contributed by atoms with Crippen molar-refractivity contribution in [3.63, 3.8) is 0 Å². The number of anilines is 1. The van der Waals surface area contributed by atoms with E-state index in [1.54, 1.807) is 13.8 Å². The van der Waals surface area contributed by atoms with Crippen molar-refractivity contribution in [2.75, 3.05) is 5.32 Å². The van der Waals surface area contributed by atoms with E-state index in [1.807, 2.05) is 25.1 Å². The monoisotopic (exact) mass is 338 g/mol. The molecular weight excluding hydrogens is 320 g/mol.